The molecule has 0 bridgehead atoms. The van der Waals surface area contributed by atoms with Crippen molar-refractivity contribution in [1.29, 1.82) is 5.26 Å². The molecule has 0 fully saturated rings. The maximum absolute atomic E-state index is 8.80. The number of aryl methyl sites for hydroxylation is 1. The molecular formula is C15H13IN2. The van der Waals surface area contributed by atoms with Crippen molar-refractivity contribution < 1.29 is 28.5 Å². The summed E-state index contributed by atoms with van der Waals surface area (Å²) in [6.07, 6.45) is 8.06. The fourth-order valence-corrected chi connectivity index (χ4v) is 1.53. The van der Waals surface area contributed by atoms with Crippen LogP contribution in [0.25, 0.3) is 12.2 Å². The number of nitriles is 1. The van der Waals surface area contributed by atoms with E-state index in [9.17, 15) is 0 Å². The molecule has 0 spiro atoms. The lowest BCUT2D eigenvalue weighted by atomic mass is 10.1. The Bertz CT molecular complexity index is 580. The van der Waals surface area contributed by atoms with Gasteiger partial charge >= 0.3 is 0 Å². The van der Waals surface area contributed by atoms with Gasteiger partial charge in [0.15, 0.2) is 12.4 Å². The van der Waals surface area contributed by atoms with Crippen molar-refractivity contribution in [2.24, 2.45) is 7.05 Å². The van der Waals surface area contributed by atoms with Crippen LogP contribution in [-0.2, 0) is 7.05 Å². The molecule has 0 amide bonds. The zero-order chi connectivity index (χ0) is 12.1. The second-order valence-electron chi connectivity index (χ2n) is 3.87. The molecule has 1 heterocycles. The molecule has 0 saturated carbocycles. The van der Waals surface area contributed by atoms with E-state index in [4.69, 9.17) is 5.26 Å². The molecule has 0 atom stereocenters. The number of rotatable bonds is 2. The molecule has 18 heavy (non-hydrogen) atoms. The Kier molecular flexibility index (Phi) is 5.53. The molecule has 2 rings (SSSR count). The minimum Gasteiger partial charge on any atom is -1.00 e. The molecule has 0 saturated heterocycles. The van der Waals surface area contributed by atoms with E-state index in [0.717, 1.165) is 11.1 Å². The van der Waals surface area contributed by atoms with Gasteiger partial charge in [-0.1, -0.05) is 24.3 Å². The van der Waals surface area contributed by atoms with Gasteiger partial charge < -0.3 is 24.0 Å². The first-order chi connectivity index (χ1) is 8.28. The largest absolute Gasteiger partial charge is 1.00 e. The Balaban J connectivity index is 0.00000162. The zero-order valence-electron chi connectivity index (χ0n) is 10.0. The molecule has 0 aliphatic heterocycles. The summed E-state index contributed by atoms with van der Waals surface area (Å²) in [5.74, 6) is 0. The Morgan fingerprint density at radius 3 is 2.39 bits per heavy atom. The maximum atomic E-state index is 8.80. The van der Waals surface area contributed by atoms with Crippen LogP contribution in [-0.4, -0.2) is 0 Å². The van der Waals surface area contributed by atoms with Crippen molar-refractivity contribution in [3.05, 3.63) is 65.5 Å². The highest BCUT2D eigenvalue weighted by Crippen LogP contribution is 2.09. The van der Waals surface area contributed by atoms with Crippen LogP contribution in [0.15, 0.2) is 48.8 Å². The van der Waals surface area contributed by atoms with Crippen LogP contribution < -0.4 is 28.5 Å². The quantitative estimate of drug-likeness (QED) is 0.534. The van der Waals surface area contributed by atoms with Gasteiger partial charge in [-0.2, -0.15) is 5.26 Å². The van der Waals surface area contributed by atoms with Gasteiger partial charge in [0.1, 0.15) is 7.05 Å². The monoisotopic (exact) mass is 348 g/mol. The summed E-state index contributed by atoms with van der Waals surface area (Å²) in [4.78, 5) is 0. The number of hydrogen-bond donors (Lipinski definition) is 0. The molecule has 90 valence electrons. The first kappa shape index (κ1) is 14.4. The summed E-state index contributed by atoms with van der Waals surface area (Å²) in [5.41, 5.74) is 2.87. The molecule has 0 radical (unpaired) electrons. The van der Waals surface area contributed by atoms with Crippen molar-refractivity contribution >= 4 is 12.2 Å². The van der Waals surface area contributed by atoms with Gasteiger partial charge in [-0.25, -0.2) is 4.57 Å². The van der Waals surface area contributed by atoms with Gasteiger partial charge in [-0.3, -0.25) is 0 Å². The lowest BCUT2D eigenvalue weighted by molar-refractivity contribution is -0.671. The highest BCUT2D eigenvalue weighted by Gasteiger charge is 1.93. The Morgan fingerprint density at radius 1 is 1.06 bits per heavy atom. The molecule has 0 aliphatic rings. The number of halogens is 1. The Morgan fingerprint density at radius 2 is 1.72 bits per heavy atom. The molecule has 1 aromatic carbocycles. The SMILES string of the molecule is C[n+]1ccc(/C=C/c2cccc(C#N)c2)cc1.[I-]. The highest BCUT2D eigenvalue weighted by molar-refractivity contribution is 5.69. The molecule has 0 N–H and O–H groups in total. The van der Waals surface area contributed by atoms with E-state index >= 15 is 0 Å². The van der Waals surface area contributed by atoms with E-state index in [2.05, 4.69) is 6.07 Å². The van der Waals surface area contributed by atoms with Crippen LogP contribution in [0.4, 0.5) is 0 Å². The lowest BCUT2D eigenvalue weighted by Gasteiger charge is -1.94. The second-order valence-corrected chi connectivity index (χ2v) is 3.87. The van der Waals surface area contributed by atoms with Gasteiger partial charge in [-0.05, 0) is 23.3 Å². The fourth-order valence-electron chi connectivity index (χ4n) is 1.53. The average molecular weight is 348 g/mol. The standard InChI is InChI=1S/C15H13N2.HI/c1-17-9-7-13(8-10-17)5-6-14-3-2-4-15(11-14)12-16;/h2-11H,1H3;1H/q+1;/p-1/b6-5+;. The highest BCUT2D eigenvalue weighted by atomic mass is 127. The average Bonchev–Trinajstić information content (AvgIpc) is 2.38. The molecule has 2 nitrogen and oxygen atoms in total. The number of pyridine rings is 1. The van der Waals surface area contributed by atoms with E-state index in [-0.39, 0.29) is 24.0 Å². The summed E-state index contributed by atoms with van der Waals surface area (Å²) in [6, 6.07) is 13.8. The number of aromatic nitrogens is 1. The predicted octanol–water partition coefficient (Wildman–Crippen LogP) is -0.443. The summed E-state index contributed by atoms with van der Waals surface area (Å²) >= 11 is 0. The van der Waals surface area contributed by atoms with Gasteiger partial charge in [0.2, 0.25) is 0 Å². The van der Waals surface area contributed by atoms with Crippen molar-refractivity contribution in [1.82, 2.24) is 0 Å². The third kappa shape index (κ3) is 3.97. The van der Waals surface area contributed by atoms with Crippen LogP contribution in [0, 0.1) is 11.3 Å². The van der Waals surface area contributed by atoms with Crippen LogP contribution >= 0.6 is 0 Å². The van der Waals surface area contributed by atoms with E-state index in [0.29, 0.717) is 5.56 Å². The van der Waals surface area contributed by atoms with Crippen LogP contribution in [0.5, 0.6) is 0 Å². The topological polar surface area (TPSA) is 27.7 Å². The van der Waals surface area contributed by atoms with E-state index in [1.807, 2.05) is 66.5 Å². The van der Waals surface area contributed by atoms with Gasteiger partial charge in [0.25, 0.3) is 0 Å². The van der Waals surface area contributed by atoms with Gasteiger partial charge in [0.05, 0.1) is 11.6 Å². The van der Waals surface area contributed by atoms with E-state index in [1.54, 1.807) is 6.07 Å². The smallest absolute Gasteiger partial charge is 0.169 e. The molecule has 3 heteroatoms. The third-order valence-corrected chi connectivity index (χ3v) is 2.49. The first-order valence-corrected chi connectivity index (χ1v) is 5.41. The Hall–Kier alpha value is -1.67. The van der Waals surface area contributed by atoms with E-state index < -0.39 is 0 Å². The predicted molar refractivity (Wildman–Crippen MR) is 67.7 cm³/mol. The third-order valence-electron chi connectivity index (χ3n) is 2.49. The number of benzene rings is 1. The zero-order valence-corrected chi connectivity index (χ0v) is 12.2. The molecule has 2 aromatic rings. The van der Waals surface area contributed by atoms with Crippen LogP contribution in [0.3, 0.4) is 0 Å². The van der Waals surface area contributed by atoms with Crippen molar-refractivity contribution in [2.45, 2.75) is 0 Å². The van der Waals surface area contributed by atoms with Crippen molar-refractivity contribution in [3.8, 4) is 6.07 Å². The minimum atomic E-state index is 0. The van der Waals surface area contributed by atoms with Crippen molar-refractivity contribution in [3.63, 3.8) is 0 Å². The summed E-state index contributed by atoms with van der Waals surface area (Å²) in [6.45, 7) is 0. The van der Waals surface area contributed by atoms with Crippen LogP contribution in [0.1, 0.15) is 16.7 Å². The minimum absolute atomic E-state index is 0. The Labute approximate surface area is 124 Å². The number of nitrogens with zero attached hydrogens (tertiary/aromatic N) is 2. The summed E-state index contributed by atoms with van der Waals surface area (Å²) in [5, 5.41) is 8.80. The fraction of sp³-hybridized carbons (Fsp3) is 0.0667. The lowest BCUT2D eigenvalue weighted by Crippen LogP contribution is -3.00. The molecule has 1 aromatic heterocycles. The van der Waals surface area contributed by atoms with Gasteiger partial charge in [-0.15, -0.1) is 0 Å². The van der Waals surface area contributed by atoms with Gasteiger partial charge in [0, 0.05) is 12.1 Å². The van der Waals surface area contributed by atoms with Crippen LogP contribution in [0.2, 0.25) is 0 Å². The normalized spacial score (nSPS) is 9.78. The maximum Gasteiger partial charge on any atom is 0.169 e. The number of hydrogen-bond acceptors (Lipinski definition) is 1. The summed E-state index contributed by atoms with van der Waals surface area (Å²) in [7, 11) is 1.99. The second kappa shape index (κ2) is 6.92. The first-order valence-electron chi connectivity index (χ1n) is 5.41. The van der Waals surface area contributed by atoms with Crippen molar-refractivity contribution in [2.75, 3.05) is 0 Å². The molecule has 0 aliphatic carbocycles. The summed E-state index contributed by atoms with van der Waals surface area (Å²) < 4.78 is 1.99. The molecular weight excluding hydrogens is 335 g/mol. The molecule has 0 unspecified atom stereocenters. The van der Waals surface area contributed by atoms with E-state index in [1.165, 1.54) is 0 Å².